The van der Waals surface area contributed by atoms with Crippen molar-refractivity contribution in [1.29, 1.82) is 0 Å². The van der Waals surface area contributed by atoms with Crippen LogP contribution in [0.3, 0.4) is 0 Å². The first-order valence-electron chi connectivity index (χ1n) is 11.2. The molecule has 3 aromatic carbocycles. The Kier molecular flexibility index (Phi) is 7.32. The molecule has 176 valence electrons. The second kappa shape index (κ2) is 10.7. The van der Waals surface area contributed by atoms with Crippen LogP contribution < -0.4 is 19.5 Å². The molecule has 7 nitrogen and oxygen atoms in total. The Morgan fingerprint density at radius 3 is 2.38 bits per heavy atom. The number of ether oxygens (including phenoxy) is 3. The van der Waals surface area contributed by atoms with Crippen molar-refractivity contribution in [2.45, 2.75) is 32.5 Å². The number of methoxy groups -OCH3 is 1. The van der Waals surface area contributed by atoms with Gasteiger partial charge in [-0.05, 0) is 47.9 Å². The first kappa shape index (κ1) is 23.2. The molecule has 0 aromatic heterocycles. The highest BCUT2D eigenvalue weighted by Gasteiger charge is 2.26. The predicted molar refractivity (Wildman–Crippen MR) is 128 cm³/mol. The lowest BCUT2D eigenvalue weighted by Crippen LogP contribution is -2.47. The zero-order chi connectivity index (χ0) is 23.9. The van der Waals surface area contributed by atoms with Crippen LogP contribution in [0.15, 0.2) is 72.8 Å². The fourth-order valence-electron chi connectivity index (χ4n) is 3.77. The van der Waals surface area contributed by atoms with Gasteiger partial charge in [-0.3, -0.25) is 9.59 Å². The van der Waals surface area contributed by atoms with E-state index in [9.17, 15) is 9.59 Å². The topological polar surface area (TPSA) is 77.1 Å². The number of hydrogen-bond acceptors (Lipinski definition) is 5. The summed E-state index contributed by atoms with van der Waals surface area (Å²) in [4.78, 5) is 28.0. The Morgan fingerprint density at radius 2 is 1.65 bits per heavy atom. The minimum atomic E-state index is -0.660. The summed E-state index contributed by atoms with van der Waals surface area (Å²) < 4.78 is 16.0. The highest BCUT2D eigenvalue weighted by Crippen LogP contribution is 2.32. The monoisotopic (exact) mass is 460 g/mol. The summed E-state index contributed by atoms with van der Waals surface area (Å²) in [6, 6.07) is 21.9. The number of hydrogen-bond donors (Lipinski definition) is 1. The first-order chi connectivity index (χ1) is 16.5. The Morgan fingerprint density at radius 1 is 0.941 bits per heavy atom. The van der Waals surface area contributed by atoms with E-state index in [-0.39, 0.29) is 25.0 Å². The molecule has 0 fully saturated rings. The summed E-state index contributed by atoms with van der Waals surface area (Å²) in [6.07, 6.45) is 0.219. The molecule has 1 aliphatic rings. The summed E-state index contributed by atoms with van der Waals surface area (Å²) in [7, 11) is 1.61. The first-order valence-corrected chi connectivity index (χ1v) is 11.2. The van der Waals surface area contributed by atoms with Gasteiger partial charge in [0.1, 0.15) is 11.8 Å². The van der Waals surface area contributed by atoms with Crippen molar-refractivity contribution < 1.29 is 23.8 Å². The zero-order valence-electron chi connectivity index (χ0n) is 19.3. The number of fused-ring (bicyclic) bond motifs is 1. The number of rotatable bonds is 9. The highest BCUT2D eigenvalue weighted by molar-refractivity contribution is 5.88. The van der Waals surface area contributed by atoms with Gasteiger partial charge in [0, 0.05) is 13.1 Å². The molecule has 0 radical (unpaired) electrons. The Balaban J connectivity index is 1.46. The van der Waals surface area contributed by atoms with Crippen molar-refractivity contribution in [3.05, 3.63) is 89.5 Å². The van der Waals surface area contributed by atoms with E-state index in [0.717, 1.165) is 22.4 Å². The van der Waals surface area contributed by atoms with Gasteiger partial charge < -0.3 is 24.4 Å². The molecule has 34 heavy (non-hydrogen) atoms. The number of amides is 2. The lowest BCUT2D eigenvalue weighted by atomic mass is 10.1. The van der Waals surface area contributed by atoms with E-state index < -0.39 is 6.04 Å². The molecule has 0 aliphatic carbocycles. The van der Waals surface area contributed by atoms with E-state index in [1.807, 2.05) is 72.8 Å². The van der Waals surface area contributed by atoms with Crippen LogP contribution >= 0.6 is 0 Å². The highest BCUT2D eigenvalue weighted by atomic mass is 16.7. The van der Waals surface area contributed by atoms with Gasteiger partial charge in [-0.1, -0.05) is 48.5 Å². The summed E-state index contributed by atoms with van der Waals surface area (Å²) in [5, 5.41) is 2.94. The van der Waals surface area contributed by atoms with Crippen LogP contribution in [0.4, 0.5) is 0 Å². The van der Waals surface area contributed by atoms with Crippen molar-refractivity contribution in [3.8, 4) is 17.2 Å². The van der Waals surface area contributed by atoms with E-state index in [1.54, 1.807) is 18.9 Å². The molecule has 7 heteroatoms. The lowest BCUT2D eigenvalue weighted by molar-refractivity contribution is -0.140. The Labute approximate surface area is 199 Å². The van der Waals surface area contributed by atoms with E-state index in [0.29, 0.717) is 24.6 Å². The van der Waals surface area contributed by atoms with Gasteiger partial charge in [0.25, 0.3) is 0 Å². The van der Waals surface area contributed by atoms with Crippen molar-refractivity contribution >= 4 is 11.8 Å². The summed E-state index contributed by atoms with van der Waals surface area (Å²) in [5.74, 6) is 1.75. The maximum Gasteiger partial charge on any atom is 0.242 e. The summed E-state index contributed by atoms with van der Waals surface area (Å²) in [6.45, 7) is 2.59. The van der Waals surface area contributed by atoms with Gasteiger partial charge in [-0.2, -0.15) is 0 Å². The maximum absolute atomic E-state index is 13.3. The van der Waals surface area contributed by atoms with Gasteiger partial charge in [-0.15, -0.1) is 0 Å². The summed E-state index contributed by atoms with van der Waals surface area (Å²) in [5.41, 5.74) is 2.71. The van der Waals surface area contributed by atoms with Crippen LogP contribution in [0.5, 0.6) is 17.2 Å². The number of nitrogens with one attached hydrogen (secondary N) is 1. The number of benzene rings is 3. The molecule has 1 N–H and O–H groups in total. The van der Waals surface area contributed by atoms with Crippen LogP contribution in [0.1, 0.15) is 23.6 Å². The third kappa shape index (κ3) is 5.67. The fourth-order valence-corrected chi connectivity index (χ4v) is 3.77. The van der Waals surface area contributed by atoms with Crippen LogP contribution in [0.25, 0.3) is 0 Å². The Bertz CT molecular complexity index is 1130. The zero-order valence-corrected chi connectivity index (χ0v) is 19.3. The average Bonchev–Trinajstić information content (AvgIpc) is 3.34. The number of carbonyl (C=O) groups is 2. The molecule has 0 saturated heterocycles. The van der Waals surface area contributed by atoms with Crippen molar-refractivity contribution in [2.24, 2.45) is 0 Å². The van der Waals surface area contributed by atoms with Gasteiger partial charge in [-0.25, -0.2) is 0 Å². The molecule has 2 amide bonds. The minimum absolute atomic E-state index is 0.118. The van der Waals surface area contributed by atoms with Crippen LogP contribution in [0, 0.1) is 0 Å². The van der Waals surface area contributed by atoms with Crippen molar-refractivity contribution in [3.63, 3.8) is 0 Å². The van der Waals surface area contributed by atoms with Gasteiger partial charge >= 0.3 is 0 Å². The lowest BCUT2D eigenvalue weighted by Gasteiger charge is -2.29. The number of nitrogens with zero attached hydrogens (tertiary/aromatic N) is 1. The molecule has 1 aliphatic heterocycles. The van der Waals surface area contributed by atoms with Crippen LogP contribution in [-0.4, -0.2) is 36.7 Å². The van der Waals surface area contributed by atoms with Gasteiger partial charge in [0.15, 0.2) is 11.5 Å². The van der Waals surface area contributed by atoms with Gasteiger partial charge in [0.2, 0.25) is 18.6 Å². The molecule has 0 bridgehead atoms. The summed E-state index contributed by atoms with van der Waals surface area (Å²) >= 11 is 0. The second-order valence-electron chi connectivity index (χ2n) is 8.11. The van der Waals surface area contributed by atoms with Crippen molar-refractivity contribution in [1.82, 2.24) is 10.2 Å². The van der Waals surface area contributed by atoms with E-state index >= 15 is 0 Å². The van der Waals surface area contributed by atoms with Crippen LogP contribution in [-0.2, 0) is 29.1 Å². The molecule has 4 rings (SSSR count). The smallest absolute Gasteiger partial charge is 0.242 e. The molecule has 1 atom stereocenters. The molecule has 3 aromatic rings. The molecule has 0 spiro atoms. The quantitative estimate of drug-likeness (QED) is 0.527. The average molecular weight is 461 g/mol. The third-order valence-electron chi connectivity index (χ3n) is 5.78. The van der Waals surface area contributed by atoms with Gasteiger partial charge in [0.05, 0.1) is 13.5 Å². The molecular formula is C27H28N2O5. The standard InChI is InChI=1S/C27H28N2O5/c1-19(27(31)28-16-22-10-13-24-25(14-22)34-18-33-24)29(17-21-8-11-23(32-2)12-9-21)26(30)15-20-6-4-3-5-7-20/h3-14,19H,15-18H2,1-2H3,(H,28,31)/t19-/m0/s1. The Hall–Kier alpha value is -4.00. The normalized spacial score (nSPS) is 12.6. The molecule has 0 saturated carbocycles. The number of carbonyl (C=O) groups excluding carboxylic acids is 2. The van der Waals surface area contributed by atoms with E-state index in [1.165, 1.54) is 0 Å². The molecule has 1 heterocycles. The molecular weight excluding hydrogens is 432 g/mol. The van der Waals surface area contributed by atoms with E-state index in [2.05, 4.69) is 5.32 Å². The molecule has 0 unspecified atom stereocenters. The van der Waals surface area contributed by atoms with Crippen LogP contribution in [0.2, 0.25) is 0 Å². The SMILES string of the molecule is COc1ccc(CN(C(=O)Cc2ccccc2)[C@@H](C)C(=O)NCc2ccc3c(c2)OCO3)cc1. The minimum Gasteiger partial charge on any atom is -0.497 e. The predicted octanol–water partition coefficient (Wildman–Crippen LogP) is 3.70. The van der Waals surface area contributed by atoms with E-state index in [4.69, 9.17) is 14.2 Å². The third-order valence-corrected chi connectivity index (χ3v) is 5.78. The second-order valence-corrected chi connectivity index (χ2v) is 8.11. The van der Waals surface area contributed by atoms with Crippen molar-refractivity contribution in [2.75, 3.05) is 13.9 Å². The largest absolute Gasteiger partial charge is 0.497 e. The fraction of sp³-hybridized carbons (Fsp3) is 0.259. The maximum atomic E-state index is 13.3.